The van der Waals surface area contributed by atoms with E-state index in [0.717, 1.165) is 5.75 Å². The standard InChI is InChI=1S/C7H8OP.Pd/c1-8-6-4-2-3-5-7(6)9;/h2-5,9H,1H3;/q-1;+1. The van der Waals surface area contributed by atoms with Gasteiger partial charge < -0.3 is 0 Å². The minimum atomic E-state index is 0.661. The second-order valence-corrected chi connectivity index (χ2v) is 3.64. The monoisotopic (exact) mass is 245 g/mol. The maximum atomic E-state index is 5.12. The van der Waals surface area contributed by atoms with Crippen LogP contribution in [0.4, 0.5) is 0 Å². The Balaban J connectivity index is 2.96. The van der Waals surface area contributed by atoms with Crippen LogP contribution in [-0.4, -0.2) is 7.11 Å². The molecule has 0 amide bonds. The Kier molecular flexibility index (Phi) is 3.36. The minimum absolute atomic E-state index is 0.661. The molecule has 0 radical (unpaired) electrons. The molecule has 1 nitrogen and oxygen atoms in total. The molecule has 0 N–H and O–H groups in total. The summed E-state index contributed by atoms with van der Waals surface area (Å²) in [5.41, 5.74) is 0. The summed E-state index contributed by atoms with van der Waals surface area (Å²) in [7, 11) is 1.69. The van der Waals surface area contributed by atoms with Gasteiger partial charge in [-0.05, 0) is 0 Å². The van der Waals surface area contributed by atoms with Gasteiger partial charge in [-0.3, -0.25) is 0 Å². The van der Waals surface area contributed by atoms with Gasteiger partial charge in [0.2, 0.25) is 0 Å². The van der Waals surface area contributed by atoms with Crippen molar-refractivity contribution in [3.63, 3.8) is 0 Å². The van der Waals surface area contributed by atoms with Crippen molar-refractivity contribution >= 4 is 12.1 Å². The molecule has 0 aromatic heterocycles. The summed E-state index contributed by atoms with van der Waals surface area (Å²) in [6.07, 6.45) is 0. The molecular formula is C7H8OPPd. The average Bonchev–Trinajstić information content (AvgIpc) is 2.04. The van der Waals surface area contributed by atoms with Gasteiger partial charge in [-0.15, -0.1) is 0 Å². The number of rotatable bonds is 2. The van der Waals surface area contributed by atoms with Crippen LogP contribution in [0.1, 0.15) is 0 Å². The summed E-state index contributed by atoms with van der Waals surface area (Å²) >= 11 is 3.15. The molecule has 0 bridgehead atoms. The van der Waals surface area contributed by atoms with Gasteiger partial charge in [-0.1, -0.05) is 0 Å². The zero-order valence-corrected chi connectivity index (χ0v) is 8.09. The molecule has 1 aromatic rings. The molecule has 3 heteroatoms. The fraction of sp³-hybridized carbons (Fsp3) is 0.143. The maximum absolute atomic E-state index is 5.12. The van der Waals surface area contributed by atoms with Gasteiger partial charge in [-0.2, -0.15) is 0 Å². The van der Waals surface area contributed by atoms with Gasteiger partial charge in [-0.25, -0.2) is 0 Å². The van der Waals surface area contributed by atoms with Crippen LogP contribution >= 0.6 is 6.77 Å². The zero-order chi connectivity index (χ0) is 7.40. The quantitative estimate of drug-likeness (QED) is 0.566. The Morgan fingerprint density at radius 3 is 2.60 bits per heavy atom. The van der Waals surface area contributed by atoms with E-state index in [2.05, 4.69) is 24.8 Å². The van der Waals surface area contributed by atoms with E-state index in [1.54, 1.807) is 7.11 Å². The summed E-state index contributed by atoms with van der Waals surface area (Å²) in [6, 6.07) is 8.01. The van der Waals surface area contributed by atoms with Crippen LogP contribution in [0, 0.1) is 0 Å². The average molecular weight is 246 g/mol. The van der Waals surface area contributed by atoms with Crippen LogP contribution in [-0.2, 0) is 18.7 Å². The fourth-order valence-corrected chi connectivity index (χ4v) is 2.09. The van der Waals surface area contributed by atoms with Crippen molar-refractivity contribution in [2.24, 2.45) is 0 Å². The topological polar surface area (TPSA) is 9.23 Å². The number of methoxy groups -OCH3 is 1. The number of ether oxygens (including phenoxy) is 1. The van der Waals surface area contributed by atoms with Crippen molar-refractivity contribution in [3.05, 3.63) is 24.3 Å². The Bertz CT molecular complexity index is 192. The molecule has 0 aliphatic heterocycles. The molecule has 0 saturated carbocycles. The molecule has 0 spiro atoms. The molecule has 1 atom stereocenters. The Hall–Kier alpha value is 0.112. The normalized spacial score (nSPS) is 10.7. The van der Waals surface area contributed by atoms with Crippen molar-refractivity contribution in [1.29, 1.82) is 0 Å². The molecule has 57 valence electrons. The predicted octanol–water partition coefficient (Wildman–Crippen LogP) is 1.46. The summed E-state index contributed by atoms with van der Waals surface area (Å²) < 4.78 is 5.12. The van der Waals surface area contributed by atoms with Crippen molar-refractivity contribution < 1.29 is 23.4 Å². The van der Waals surface area contributed by atoms with Crippen molar-refractivity contribution in [3.8, 4) is 5.75 Å². The van der Waals surface area contributed by atoms with Crippen LogP contribution in [0.25, 0.3) is 0 Å². The van der Waals surface area contributed by atoms with Crippen LogP contribution < -0.4 is 10.0 Å². The van der Waals surface area contributed by atoms with E-state index in [-0.39, 0.29) is 0 Å². The number of para-hydroxylation sites is 1. The van der Waals surface area contributed by atoms with Gasteiger partial charge in [0.05, 0.1) is 0 Å². The van der Waals surface area contributed by atoms with E-state index in [1.165, 1.54) is 5.30 Å². The number of hydrogen-bond acceptors (Lipinski definition) is 1. The van der Waals surface area contributed by atoms with Crippen molar-refractivity contribution in [1.82, 2.24) is 0 Å². The molecule has 1 rings (SSSR count). The second-order valence-electron chi connectivity index (χ2n) is 1.78. The SMILES string of the molecule is COc1ccccc1[PH][Pd]. The molecule has 0 saturated heterocycles. The second kappa shape index (κ2) is 4.09. The van der Waals surface area contributed by atoms with Gasteiger partial charge in [0.1, 0.15) is 0 Å². The summed E-state index contributed by atoms with van der Waals surface area (Å²) in [6.45, 7) is 0.661. The number of hydrogen-bond donors (Lipinski definition) is 0. The molecule has 0 aliphatic rings. The van der Waals surface area contributed by atoms with Crippen LogP contribution in [0.3, 0.4) is 0 Å². The molecule has 0 aliphatic carbocycles. The Labute approximate surface area is 72.8 Å². The Morgan fingerprint density at radius 1 is 1.40 bits per heavy atom. The molecule has 1 aromatic carbocycles. The van der Waals surface area contributed by atoms with Gasteiger partial charge >= 0.3 is 72.6 Å². The van der Waals surface area contributed by atoms with Crippen LogP contribution in [0.15, 0.2) is 24.3 Å². The first-order chi connectivity index (χ1) is 4.88. The van der Waals surface area contributed by atoms with E-state index < -0.39 is 0 Å². The van der Waals surface area contributed by atoms with Crippen LogP contribution in [0.2, 0.25) is 0 Å². The first kappa shape index (κ1) is 8.21. The third-order valence-corrected chi connectivity index (χ3v) is 3.03. The third kappa shape index (κ3) is 1.80. The summed E-state index contributed by atoms with van der Waals surface area (Å²) in [5, 5.41) is 1.23. The molecular weight excluding hydrogens is 237 g/mol. The van der Waals surface area contributed by atoms with Crippen molar-refractivity contribution in [2.75, 3.05) is 7.11 Å². The van der Waals surface area contributed by atoms with E-state index in [0.29, 0.717) is 6.77 Å². The van der Waals surface area contributed by atoms with E-state index in [9.17, 15) is 0 Å². The molecule has 1 unspecified atom stereocenters. The molecule has 10 heavy (non-hydrogen) atoms. The Morgan fingerprint density at radius 2 is 2.10 bits per heavy atom. The zero-order valence-electron chi connectivity index (χ0n) is 5.53. The van der Waals surface area contributed by atoms with E-state index >= 15 is 0 Å². The van der Waals surface area contributed by atoms with Gasteiger partial charge in [0.25, 0.3) is 0 Å². The van der Waals surface area contributed by atoms with E-state index in [4.69, 9.17) is 4.74 Å². The molecule has 0 fully saturated rings. The van der Waals surface area contributed by atoms with Crippen LogP contribution in [0.5, 0.6) is 5.75 Å². The van der Waals surface area contributed by atoms with Gasteiger partial charge in [0, 0.05) is 0 Å². The summed E-state index contributed by atoms with van der Waals surface area (Å²) in [5.74, 6) is 0.966. The fourth-order valence-electron chi connectivity index (χ4n) is 0.710. The molecule has 0 heterocycles. The predicted molar refractivity (Wildman–Crippen MR) is 40.9 cm³/mol. The van der Waals surface area contributed by atoms with Gasteiger partial charge in [0.15, 0.2) is 0 Å². The first-order valence-corrected chi connectivity index (χ1v) is 6.00. The number of benzene rings is 1. The summed E-state index contributed by atoms with van der Waals surface area (Å²) in [4.78, 5) is 0. The first-order valence-electron chi connectivity index (χ1n) is 2.85. The van der Waals surface area contributed by atoms with Crippen molar-refractivity contribution in [2.45, 2.75) is 0 Å². The van der Waals surface area contributed by atoms with E-state index in [1.807, 2.05) is 18.2 Å². The third-order valence-electron chi connectivity index (χ3n) is 1.19.